The van der Waals surface area contributed by atoms with Gasteiger partial charge in [-0.15, -0.1) is 0 Å². The lowest BCUT2D eigenvalue weighted by Gasteiger charge is -2.12. The van der Waals surface area contributed by atoms with Crippen LogP contribution in [0.5, 0.6) is 0 Å². The molecule has 0 heterocycles. The highest BCUT2D eigenvalue weighted by Gasteiger charge is 2.56. The summed E-state index contributed by atoms with van der Waals surface area (Å²) in [5.74, 6) is -6.34. The average Bonchev–Trinajstić information content (AvgIpc) is 1.81. The van der Waals surface area contributed by atoms with E-state index in [0.29, 0.717) is 11.8 Å². The van der Waals surface area contributed by atoms with Gasteiger partial charge in [0.05, 0.1) is 0 Å². The highest BCUT2D eigenvalue weighted by Crippen LogP contribution is 2.34. The molecule has 12 heavy (non-hydrogen) atoms. The Morgan fingerprint density at radius 3 is 1.83 bits per heavy atom. The zero-order chi connectivity index (χ0) is 9.99. The van der Waals surface area contributed by atoms with Gasteiger partial charge < -0.3 is 5.11 Å². The Morgan fingerprint density at radius 1 is 1.17 bits per heavy atom. The number of hydrogen-bond donors (Lipinski definition) is 1. The van der Waals surface area contributed by atoms with Crippen LogP contribution in [0.25, 0.3) is 0 Å². The minimum Gasteiger partial charge on any atom is -0.472 e. The van der Waals surface area contributed by atoms with Crippen molar-refractivity contribution in [2.45, 2.75) is 12.1 Å². The van der Waals surface area contributed by atoms with Crippen LogP contribution in [0.2, 0.25) is 0 Å². The van der Waals surface area contributed by atoms with Gasteiger partial charge in [-0.25, -0.2) is 4.79 Å². The molecular weight excluding hydrogens is 187 g/mol. The Bertz CT molecular complexity index is 243. The fourth-order valence-electron chi connectivity index (χ4n) is 0.203. The topological polar surface area (TPSA) is 37.3 Å². The smallest absolute Gasteiger partial charge is 0.466 e. The first kappa shape index (κ1) is 10.7. The monoisotopic (exact) mass is 188 g/mol. The fraction of sp³-hybridized carbons (Fsp3) is 0.400. The van der Waals surface area contributed by atoms with E-state index in [1.165, 1.54) is 0 Å². The summed E-state index contributed by atoms with van der Waals surface area (Å²) in [6.45, 7) is 0. The molecule has 68 valence electrons. The van der Waals surface area contributed by atoms with Crippen molar-refractivity contribution in [1.29, 1.82) is 0 Å². The summed E-state index contributed by atoms with van der Waals surface area (Å²) in [4.78, 5) is 9.50. The van der Waals surface area contributed by atoms with Crippen molar-refractivity contribution in [3.05, 3.63) is 0 Å². The SMILES string of the molecule is O=C(O)C#CC(F)(F)C(F)(F)F. The number of aliphatic carboxylic acids is 1. The van der Waals surface area contributed by atoms with E-state index in [2.05, 4.69) is 0 Å². The largest absolute Gasteiger partial charge is 0.472 e. The Balaban J connectivity index is 4.69. The van der Waals surface area contributed by atoms with Crippen molar-refractivity contribution < 1.29 is 31.9 Å². The van der Waals surface area contributed by atoms with E-state index >= 15 is 0 Å². The lowest BCUT2D eigenvalue weighted by molar-refractivity contribution is -0.254. The molecule has 0 spiro atoms. The van der Waals surface area contributed by atoms with E-state index in [1.807, 2.05) is 0 Å². The van der Waals surface area contributed by atoms with Gasteiger partial charge in [0, 0.05) is 5.92 Å². The lowest BCUT2D eigenvalue weighted by atomic mass is 10.3. The number of rotatable bonds is 0. The third-order valence-electron chi connectivity index (χ3n) is 0.682. The zero-order valence-corrected chi connectivity index (χ0v) is 5.25. The van der Waals surface area contributed by atoms with Gasteiger partial charge in [0.25, 0.3) is 0 Å². The van der Waals surface area contributed by atoms with Gasteiger partial charge in [-0.1, -0.05) is 0 Å². The minimum absolute atomic E-state index is 0.291. The molecule has 0 amide bonds. The molecule has 0 aromatic heterocycles. The molecule has 0 aromatic carbocycles. The summed E-state index contributed by atoms with van der Waals surface area (Å²) in [6, 6.07) is 0. The number of carboxylic acid groups (broad SMARTS) is 1. The van der Waals surface area contributed by atoms with Crippen molar-refractivity contribution >= 4 is 5.97 Å². The van der Waals surface area contributed by atoms with Crippen molar-refractivity contribution in [3.63, 3.8) is 0 Å². The molecule has 0 aromatic rings. The van der Waals surface area contributed by atoms with Crippen LogP contribution in [0.4, 0.5) is 22.0 Å². The molecule has 0 aliphatic carbocycles. The molecule has 0 aliphatic heterocycles. The van der Waals surface area contributed by atoms with E-state index in [0.717, 1.165) is 0 Å². The predicted octanol–water partition coefficient (Wildman–Crippen LogP) is 1.27. The van der Waals surface area contributed by atoms with Crippen LogP contribution in [-0.4, -0.2) is 23.2 Å². The van der Waals surface area contributed by atoms with Crippen LogP contribution in [0.3, 0.4) is 0 Å². The van der Waals surface area contributed by atoms with Crippen LogP contribution in [0, 0.1) is 11.8 Å². The highest BCUT2D eigenvalue weighted by molar-refractivity contribution is 5.86. The number of carboxylic acids is 1. The molecule has 0 fully saturated rings. The van der Waals surface area contributed by atoms with Gasteiger partial charge in [-0.3, -0.25) is 0 Å². The highest BCUT2D eigenvalue weighted by atomic mass is 19.4. The molecule has 0 saturated heterocycles. The van der Waals surface area contributed by atoms with E-state index in [-0.39, 0.29) is 0 Å². The first-order valence-electron chi connectivity index (χ1n) is 2.37. The second kappa shape index (κ2) is 2.97. The first-order chi connectivity index (χ1) is 5.17. The molecule has 1 N–H and O–H groups in total. The van der Waals surface area contributed by atoms with Crippen molar-refractivity contribution in [2.75, 3.05) is 0 Å². The summed E-state index contributed by atoms with van der Waals surface area (Å²) in [5, 5.41) is 7.67. The number of carbonyl (C=O) groups is 1. The normalized spacial score (nSPS) is 11.8. The predicted molar refractivity (Wildman–Crippen MR) is 26.4 cm³/mol. The van der Waals surface area contributed by atoms with Gasteiger partial charge >= 0.3 is 18.1 Å². The van der Waals surface area contributed by atoms with E-state index in [4.69, 9.17) is 5.11 Å². The average molecular weight is 188 g/mol. The third kappa shape index (κ3) is 2.74. The quantitative estimate of drug-likeness (QED) is 0.459. The van der Waals surface area contributed by atoms with Gasteiger partial charge in [0.2, 0.25) is 0 Å². The second-order valence-electron chi connectivity index (χ2n) is 1.63. The Labute approximate surface area is 63.0 Å². The van der Waals surface area contributed by atoms with Crippen LogP contribution >= 0.6 is 0 Å². The van der Waals surface area contributed by atoms with Crippen molar-refractivity contribution in [3.8, 4) is 11.8 Å². The number of halogens is 5. The Morgan fingerprint density at radius 2 is 1.58 bits per heavy atom. The second-order valence-corrected chi connectivity index (χ2v) is 1.63. The first-order valence-corrected chi connectivity index (χ1v) is 2.37. The summed E-state index contributed by atoms with van der Waals surface area (Å²) >= 11 is 0. The molecule has 0 unspecified atom stereocenters. The summed E-state index contributed by atoms with van der Waals surface area (Å²) in [5.41, 5.74) is 0. The molecule has 0 radical (unpaired) electrons. The van der Waals surface area contributed by atoms with E-state index in [9.17, 15) is 26.7 Å². The van der Waals surface area contributed by atoms with E-state index < -0.39 is 18.1 Å². The molecule has 0 atom stereocenters. The Kier molecular flexibility index (Phi) is 2.64. The molecule has 7 heteroatoms. The lowest BCUT2D eigenvalue weighted by Crippen LogP contribution is -2.34. The molecule has 0 saturated carbocycles. The van der Waals surface area contributed by atoms with Crippen LogP contribution in [-0.2, 0) is 4.79 Å². The summed E-state index contributed by atoms with van der Waals surface area (Å²) in [6.07, 6.45) is -5.84. The van der Waals surface area contributed by atoms with E-state index in [1.54, 1.807) is 0 Å². The standard InChI is InChI=1S/C5HF5O2/c6-4(7,5(8,9)10)2-1-3(11)12/h(H,11,12). The van der Waals surface area contributed by atoms with Crippen molar-refractivity contribution in [1.82, 2.24) is 0 Å². The maximum atomic E-state index is 11.7. The van der Waals surface area contributed by atoms with Gasteiger partial charge in [0.15, 0.2) is 0 Å². The zero-order valence-electron chi connectivity index (χ0n) is 5.25. The van der Waals surface area contributed by atoms with Gasteiger partial charge in [0.1, 0.15) is 0 Å². The van der Waals surface area contributed by atoms with Crippen LogP contribution in [0.15, 0.2) is 0 Å². The van der Waals surface area contributed by atoms with Gasteiger partial charge in [-0.05, 0) is 5.92 Å². The maximum absolute atomic E-state index is 11.7. The number of hydrogen-bond acceptors (Lipinski definition) is 1. The maximum Gasteiger partial charge on any atom is 0.466 e. The van der Waals surface area contributed by atoms with Gasteiger partial charge in [-0.2, -0.15) is 22.0 Å². The minimum atomic E-state index is -5.84. The summed E-state index contributed by atoms with van der Waals surface area (Å²) < 4.78 is 57.2. The molecule has 0 rings (SSSR count). The molecular formula is C5HF5O2. The molecule has 0 aliphatic rings. The van der Waals surface area contributed by atoms with Crippen LogP contribution < -0.4 is 0 Å². The molecule has 0 bridgehead atoms. The Hall–Kier alpha value is -1.32. The fourth-order valence-corrected chi connectivity index (χ4v) is 0.203. The molecule has 2 nitrogen and oxygen atoms in total. The summed E-state index contributed by atoms with van der Waals surface area (Å²) in [7, 11) is 0. The number of alkyl halides is 5. The third-order valence-corrected chi connectivity index (χ3v) is 0.682. The van der Waals surface area contributed by atoms with Crippen molar-refractivity contribution in [2.24, 2.45) is 0 Å². The van der Waals surface area contributed by atoms with Crippen LogP contribution in [0.1, 0.15) is 0 Å².